The van der Waals surface area contributed by atoms with Gasteiger partial charge < -0.3 is 13.1 Å². The van der Waals surface area contributed by atoms with E-state index in [2.05, 4.69) is 95.7 Å². The molecule has 0 bridgehead atoms. The lowest BCUT2D eigenvalue weighted by atomic mass is 9.96. The van der Waals surface area contributed by atoms with Crippen molar-refractivity contribution in [3.63, 3.8) is 0 Å². The standard InChI is InChI=1S/C33H30NO3P/c1-3-11-24(12-4-1)22-35-23-27-21-26-14-6-8-16-29(26)32-31-28-15-7-5-13-25(28)17-18-30(31)36-38(37-33(27)32)34-19-9-2-10-20-34/h1,3-8,11-18,21H,2,9-10,19-20,22-23H2. The molecule has 0 spiro atoms. The normalized spacial score (nSPS) is 15.0. The van der Waals surface area contributed by atoms with E-state index in [0.717, 1.165) is 46.2 Å². The topological polar surface area (TPSA) is 38.8 Å². The van der Waals surface area contributed by atoms with Gasteiger partial charge in [-0.05, 0) is 52.1 Å². The molecule has 0 saturated carbocycles. The summed E-state index contributed by atoms with van der Waals surface area (Å²) in [5.74, 6) is 0. The molecule has 0 amide bonds. The molecule has 1 aromatic heterocycles. The largest absolute Gasteiger partial charge is 0.408 e. The first-order valence-electron chi connectivity index (χ1n) is 13.4. The Bertz CT molecular complexity index is 1790. The average molecular weight is 520 g/mol. The van der Waals surface area contributed by atoms with E-state index in [4.69, 9.17) is 13.1 Å². The highest BCUT2D eigenvalue weighted by Crippen LogP contribution is 2.43. The van der Waals surface area contributed by atoms with Gasteiger partial charge in [0.2, 0.25) is 0 Å². The molecule has 1 atom stereocenters. The van der Waals surface area contributed by atoms with Gasteiger partial charge in [-0.15, -0.1) is 0 Å². The zero-order chi connectivity index (χ0) is 25.3. The summed E-state index contributed by atoms with van der Waals surface area (Å²) in [7, 11) is -1.30. The lowest BCUT2D eigenvalue weighted by molar-refractivity contribution is 0.107. The summed E-state index contributed by atoms with van der Waals surface area (Å²) in [5.41, 5.74) is 4.01. The van der Waals surface area contributed by atoms with E-state index in [1.807, 2.05) is 6.07 Å². The number of hydrogen-bond acceptors (Lipinski definition) is 4. The van der Waals surface area contributed by atoms with Crippen LogP contribution >= 0.6 is 8.16 Å². The maximum absolute atomic E-state index is 6.96. The second kappa shape index (κ2) is 10.3. The predicted molar refractivity (Wildman–Crippen MR) is 158 cm³/mol. The molecule has 1 aliphatic heterocycles. The first-order chi connectivity index (χ1) is 18.8. The van der Waals surface area contributed by atoms with E-state index >= 15 is 0 Å². The fourth-order valence-corrected chi connectivity index (χ4v) is 7.18. The molecule has 6 aromatic rings. The van der Waals surface area contributed by atoms with Crippen molar-refractivity contribution >= 4 is 51.6 Å². The van der Waals surface area contributed by atoms with Crippen molar-refractivity contribution in [1.29, 1.82) is 0 Å². The van der Waals surface area contributed by atoms with Crippen molar-refractivity contribution in [1.82, 2.24) is 0 Å². The summed E-state index contributed by atoms with van der Waals surface area (Å²) in [6.07, 6.45) is 3.61. The van der Waals surface area contributed by atoms with Crippen molar-refractivity contribution in [3.05, 3.63) is 108 Å². The van der Waals surface area contributed by atoms with E-state index in [-0.39, 0.29) is 0 Å². The zero-order valence-electron chi connectivity index (χ0n) is 21.3. The van der Waals surface area contributed by atoms with E-state index in [1.54, 1.807) is 0 Å². The summed E-state index contributed by atoms with van der Waals surface area (Å²) in [5, 5.41) is 6.94. The zero-order valence-corrected chi connectivity index (χ0v) is 22.2. The van der Waals surface area contributed by atoms with Gasteiger partial charge in [-0.2, -0.15) is 0 Å². The Balaban J connectivity index is 1.53. The summed E-state index contributed by atoms with van der Waals surface area (Å²) < 4.78 is 22.4. The van der Waals surface area contributed by atoms with Gasteiger partial charge in [0.25, 0.3) is 0 Å². The number of nitrogens with zero attached hydrogens (tertiary/aromatic N) is 1. The SMILES string of the molecule is c1ccc(COCc2cc3ccccc3c3c2op(N2CCCCC2)oc2ccc4ccccc4c23)cc1. The summed E-state index contributed by atoms with van der Waals surface area (Å²) in [6, 6.07) is 34.0. The monoisotopic (exact) mass is 519 g/mol. The van der Waals surface area contributed by atoms with Crippen LogP contribution in [0.3, 0.4) is 0 Å². The number of fused-ring (bicyclic) bond motifs is 7. The minimum Gasteiger partial charge on any atom is -0.408 e. The number of benzene rings is 5. The van der Waals surface area contributed by atoms with Gasteiger partial charge in [0.1, 0.15) is 11.2 Å². The summed E-state index contributed by atoms with van der Waals surface area (Å²) in [4.78, 5) is 0. The molecule has 0 aliphatic carbocycles. The van der Waals surface area contributed by atoms with E-state index in [0.29, 0.717) is 13.2 Å². The molecule has 1 unspecified atom stereocenters. The Labute approximate surface area is 223 Å². The summed E-state index contributed by atoms with van der Waals surface area (Å²) >= 11 is 0. The predicted octanol–water partition coefficient (Wildman–Crippen LogP) is 9.44. The van der Waals surface area contributed by atoms with Crippen molar-refractivity contribution in [2.45, 2.75) is 32.5 Å². The van der Waals surface area contributed by atoms with Crippen LogP contribution in [0, 0.1) is 0 Å². The highest BCUT2D eigenvalue weighted by atomic mass is 31.1. The lowest BCUT2D eigenvalue weighted by Crippen LogP contribution is -2.26. The van der Waals surface area contributed by atoms with Crippen LogP contribution < -0.4 is 4.67 Å². The number of hydrogen-bond donors (Lipinski definition) is 0. The van der Waals surface area contributed by atoms with Crippen LogP contribution in [-0.2, 0) is 18.0 Å². The lowest BCUT2D eigenvalue weighted by Gasteiger charge is -2.22. The maximum atomic E-state index is 6.96. The Morgan fingerprint density at radius 2 is 1.37 bits per heavy atom. The fraction of sp³-hybridized carbons (Fsp3) is 0.212. The molecule has 38 heavy (non-hydrogen) atoms. The molecule has 2 heterocycles. The third-order valence-electron chi connectivity index (χ3n) is 7.50. The van der Waals surface area contributed by atoms with Crippen molar-refractivity contribution in [2.75, 3.05) is 17.8 Å². The van der Waals surface area contributed by atoms with E-state index in [1.165, 1.54) is 40.8 Å². The first-order valence-corrected chi connectivity index (χ1v) is 14.6. The Morgan fingerprint density at radius 1 is 0.658 bits per heavy atom. The molecule has 190 valence electrons. The van der Waals surface area contributed by atoms with Crippen molar-refractivity contribution in [2.24, 2.45) is 0 Å². The van der Waals surface area contributed by atoms with Gasteiger partial charge in [-0.3, -0.25) is 0 Å². The molecule has 1 aliphatic rings. The van der Waals surface area contributed by atoms with Gasteiger partial charge in [-0.25, -0.2) is 4.67 Å². The molecule has 4 nitrogen and oxygen atoms in total. The molecular formula is C33H30NO3P. The van der Waals surface area contributed by atoms with E-state index < -0.39 is 8.16 Å². The van der Waals surface area contributed by atoms with Crippen LogP contribution in [0.4, 0.5) is 0 Å². The third-order valence-corrected chi connectivity index (χ3v) is 9.05. The molecule has 5 aromatic carbocycles. The van der Waals surface area contributed by atoms with Crippen LogP contribution in [-0.4, -0.2) is 13.1 Å². The number of rotatable bonds is 5. The van der Waals surface area contributed by atoms with Crippen molar-refractivity contribution in [3.8, 4) is 0 Å². The van der Waals surface area contributed by atoms with Gasteiger partial charge in [0.15, 0.2) is 0 Å². The van der Waals surface area contributed by atoms with Crippen LogP contribution in [0.5, 0.6) is 0 Å². The minimum absolute atomic E-state index is 0.464. The first kappa shape index (κ1) is 23.5. The minimum atomic E-state index is -1.30. The second-order valence-corrected chi connectivity index (χ2v) is 11.4. The number of ether oxygens (including phenoxy) is 1. The van der Waals surface area contributed by atoms with Crippen LogP contribution in [0.25, 0.3) is 43.5 Å². The number of piperidine rings is 1. The molecular weight excluding hydrogens is 489 g/mol. The Kier molecular flexibility index (Phi) is 6.39. The third kappa shape index (κ3) is 4.39. The summed E-state index contributed by atoms with van der Waals surface area (Å²) in [6.45, 7) is 3.01. The molecule has 0 N–H and O–H groups in total. The molecule has 1 saturated heterocycles. The highest BCUT2D eigenvalue weighted by molar-refractivity contribution is 7.39. The molecule has 0 radical (unpaired) electrons. The van der Waals surface area contributed by atoms with Gasteiger partial charge in [-0.1, -0.05) is 91.3 Å². The van der Waals surface area contributed by atoms with Gasteiger partial charge in [0, 0.05) is 29.4 Å². The highest BCUT2D eigenvalue weighted by Gasteiger charge is 2.21. The molecule has 1 fully saturated rings. The van der Waals surface area contributed by atoms with Crippen molar-refractivity contribution < 1.29 is 13.1 Å². The van der Waals surface area contributed by atoms with Gasteiger partial charge >= 0.3 is 8.16 Å². The quantitative estimate of drug-likeness (QED) is 0.227. The molecule has 5 heteroatoms. The Morgan fingerprint density at radius 3 is 2.18 bits per heavy atom. The van der Waals surface area contributed by atoms with E-state index in [9.17, 15) is 0 Å². The smallest absolute Gasteiger partial charge is 0.309 e. The van der Waals surface area contributed by atoms with Gasteiger partial charge in [0.05, 0.1) is 13.2 Å². The maximum Gasteiger partial charge on any atom is 0.309 e. The van der Waals surface area contributed by atoms with Crippen LogP contribution in [0.1, 0.15) is 30.4 Å². The molecule has 7 rings (SSSR count). The van der Waals surface area contributed by atoms with Crippen LogP contribution in [0.15, 0.2) is 105 Å². The average Bonchev–Trinajstić information content (AvgIpc) is 3.16. The van der Waals surface area contributed by atoms with Crippen LogP contribution in [0.2, 0.25) is 0 Å². The second-order valence-electron chi connectivity index (χ2n) is 10.0. The fourth-order valence-electron chi connectivity index (χ4n) is 5.62. The Hall–Kier alpha value is -3.56.